The molecule has 1 saturated heterocycles. The van der Waals surface area contributed by atoms with Gasteiger partial charge in [0.25, 0.3) is 0 Å². The van der Waals surface area contributed by atoms with Crippen LogP contribution in [-0.4, -0.2) is 57.1 Å². The summed E-state index contributed by atoms with van der Waals surface area (Å²) in [6.07, 6.45) is 2.09. The van der Waals surface area contributed by atoms with E-state index in [1.807, 2.05) is 62.4 Å². The van der Waals surface area contributed by atoms with Crippen LogP contribution in [0.2, 0.25) is 0 Å². The van der Waals surface area contributed by atoms with Crippen LogP contribution < -0.4 is 20.1 Å². The van der Waals surface area contributed by atoms with Crippen LogP contribution in [-0.2, 0) is 9.59 Å². The Morgan fingerprint density at radius 1 is 0.971 bits per heavy atom. The quantitative estimate of drug-likeness (QED) is 0.560. The minimum absolute atomic E-state index is 0.0155. The average Bonchev–Trinajstić information content (AvgIpc) is 2.86. The first-order valence-electron chi connectivity index (χ1n) is 12.0. The monoisotopic (exact) mass is 467 g/mol. The van der Waals surface area contributed by atoms with Gasteiger partial charge >= 0.3 is 0 Å². The molecule has 3 rings (SSSR count). The highest BCUT2D eigenvalue weighted by Crippen LogP contribution is 2.26. The predicted molar refractivity (Wildman–Crippen MR) is 133 cm³/mol. The molecule has 2 N–H and O–H groups in total. The second-order valence-electron chi connectivity index (χ2n) is 9.19. The lowest BCUT2D eigenvalue weighted by Crippen LogP contribution is -2.46. The third kappa shape index (κ3) is 7.22. The van der Waals surface area contributed by atoms with Gasteiger partial charge in [-0.3, -0.25) is 14.5 Å². The van der Waals surface area contributed by atoms with Gasteiger partial charge in [0.05, 0.1) is 26.8 Å². The number of likely N-dealkylation sites (tertiary alicyclic amines) is 1. The second kappa shape index (κ2) is 12.4. The second-order valence-corrected chi connectivity index (χ2v) is 9.19. The molecule has 0 saturated carbocycles. The van der Waals surface area contributed by atoms with E-state index in [2.05, 4.69) is 15.5 Å². The molecule has 0 spiro atoms. The van der Waals surface area contributed by atoms with Crippen LogP contribution in [0.4, 0.5) is 0 Å². The van der Waals surface area contributed by atoms with Crippen molar-refractivity contribution >= 4 is 11.8 Å². The molecule has 1 aliphatic rings. The first kappa shape index (κ1) is 25.6. The van der Waals surface area contributed by atoms with Crippen molar-refractivity contribution in [2.45, 2.75) is 32.7 Å². The number of amides is 2. The number of hydrogen-bond acceptors (Lipinski definition) is 5. The van der Waals surface area contributed by atoms with E-state index >= 15 is 0 Å². The van der Waals surface area contributed by atoms with Gasteiger partial charge in [-0.2, -0.15) is 0 Å². The van der Waals surface area contributed by atoms with Gasteiger partial charge in [-0.05, 0) is 60.7 Å². The number of nitrogens with zero attached hydrogens (tertiary/aromatic N) is 1. The first-order valence-corrected chi connectivity index (χ1v) is 12.0. The van der Waals surface area contributed by atoms with Crippen LogP contribution in [0.25, 0.3) is 0 Å². The van der Waals surface area contributed by atoms with Crippen LogP contribution in [0.5, 0.6) is 11.5 Å². The molecule has 1 atom stereocenters. The molecule has 184 valence electrons. The number of benzene rings is 2. The highest BCUT2D eigenvalue weighted by Gasteiger charge is 2.24. The summed E-state index contributed by atoms with van der Waals surface area (Å²) in [6, 6.07) is 15.2. The molecule has 34 heavy (non-hydrogen) atoms. The maximum atomic E-state index is 13.1. The molecule has 7 heteroatoms. The number of carbonyl (C=O) groups is 2. The lowest BCUT2D eigenvalue weighted by atomic mass is 9.97. The average molecular weight is 468 g/mol. The Bertz CT molecular complexity index is 880. The molecule has 1 fully saturated rings. The van der Waals surface area contributed by atoms with Crippen LogP contribution >= 0.6 is 0 Å². The summed E-state index contributed by atoms with van der Waals surface area (Å²) in [6.45, 7) is 6.48. The van der Waals surface area contributed by atoms with E-state index in [1.54, 1.807) is 14.2 Å². The molecule has 0 bridgehead atoms. The Hall–Kier alpha value is -3.06. The summed E-state index contributed by atoms with van der Waals surface area (Å²) in [5, 5.41) is 6.25. The number of rotatable bonds is 10. The zero-order valence-corrected chi connectivity index (χ0v) is 20.7. The van der Waals surface area contributed by atoms with E-state index in [1.165, 1.54) is 0 Å². The van der Waals surface area contributed by atoms with Crippen molar-refractivity contribution < 1.29 is 19.1 Å². The normalized spacial score (nSPS) is 16.4. The van der Waals surface area contributed by atoms with Crippen LogP contribution in [0, 0.1) is 11.8 Å². The first-order chi connectivity index (χ1) is 16.4. The molecular weight excluding hydrogens is 430 g/mol. The van der Waals surface area contributed by atoms with Crippen molar-refractivity contribution in [1.29, 1.82) is 0 Å². The minimum atomic E-state index is -0.282. The minimum Gasteiger partial charge on any atom is -0.497 e. The molecule has 1 aliphatic heterocycles. The van der Waals surface area contributed by atoms with Crippen molar-refractivity contribution in [2.75, 3.05) is 40.4 Å². The number of piperidine rings is 1. The molecule has 1 heterocycles. The summed E-state index contributed by atoms with van der Waals surface area (Å²) in [5.74, 6) is 1.95. The molecule has 0 radical (unpaired) electrons. The van der Waals surface area contributed by atoms with E-state index < -0.39 is 0 Å². The topological polar surface area (TPSA) is 79.9 Å². The zero-order chi connectivity index (χ0) is 24.5. The van der Waals surface area contributed by atoms with E-state index in [4.69, 9.17) is 9.47 Å². The molecule has 7 nitrogen and oxygen atoms in total. The fraction of sp³-hybridized carbons (Fsp3) is 0.481. The Balaban J connectivity index is 1.65. The van der Waals surface area contributed by atoms with Gasteiger partial charge in [0.15, 0.2) is 0 Å². The number of methoxy groups -OCH3 is 2. The number of ether oxygens (including phenoxy) is 2. The molecule has 1 unspecified atom stereocenters. The molecule has 0 aliphatic carbocycles. The Morgan fingerprint density at radius 3 is 2.03 bits per heavy atom. The predicted octanol–water partition coefficient (Wildman–Crippen LogP) is 3.39. The summed E-state index contributed by atoms with van der Waals surface area (Å²) in [4.78, 5) is 27.2. The Kier molecular flexibility index (Phi) is 9.33. The molecule has 2 aromatic rings. The maximum Gasteiger partial charge on any atom is 0.234 e. The lowest BCUT2D eigenvalue weighted by molar-refractivity contribution is -0.125. The molecular formula is C27H37N3O4. The molecule has 2 amide bonds. The van der Waals surface area contributed by atoms with Crippen molar-refractivity contribution in [2.24, 2.45) is 11.8 Å². The van der Waals surface area contributed by atoms with Gasteiger partial charge in [0.1, 0.15) is 11.5 Å². The SMILES string of the molecule is COc1ccc(C(NC(=O)CN2CCCC(CNC(=O)C(C)C)C2)c2ccc(OC)cc2)cc1. The van der Waals surface area contributed by atoms with Crippen molar-refractivity contribution in [3.05, 3.63) is 59.7 Å². The van der Waals surface area contributed by atoms with Gasteiger partial charge in [-0.25, -0.2) is 0 Å². The summed E-state index contributed by atoms with van der Waals surface area (Å²) < 4.78 is 10.6. The molecule has 2 aromatic carbocycles. The van der Waals surface area contributed by atoms with Crippen molar-refractivity contribution in [3.63, 3.8) is 0 Å². The highest BCUT2D eigenvalue weighted by molar-refractivity contribution is 5.79. The molecule has 0 aromatic heterocycles. The third-order valence-electron chi connectivity index (χ3n) is 6.26. The summed E-state index contributed by atoms with van der Waals surface area (Å²) >= 11 is 0. The van der Waals surface area contributed by atoms with Crippen molar-refractivity contribution in [3.8, 4) is 11.5 Å². The number of hydrogen-bond donors (Lipinski definition) is 2. The number of carbonyl (C=O) groups excluding carboxylic acids is 2. The maximum absolute atomic E-state index is 13.1. The van der Waals surface area contributed by atoms with Gasteiger partial charge in [-0.15, -0.1) is 0 Å². The fourth-order valence-corrected chi connectivity index (χ4v) is 4.27. The lowest BCUT2D eigenvalue weighted by Gasteiger charge is -2.33. The van der Waals surface area contributed by atoms with Crippen LogP contribution in [0.3, 0.4) is 0 Å². The summed E-state index contributed by atoms with van der Waals surface area (Å²) in [5.41, 5.74) is 1.96. The van der Waals surface area contributed by atoms with Gasteiger partial charge in [-0.1, -0.05) is 38.1 Å². The van der Waals surface area contributed by atoms with Crippen LogP contribution in [0.1, 0.15) is 43.9 Å². The smallest absolute Gasteiger partial charge is 0.234 e. The van der Waals surface area contributed by atoms with Crippen LogP contribution in [0.15, 0.2) is 48.5 Å². The van der Waals surface area contributed by atoms with E-state index in [0.29, 0.717) is 19.0 Å². The Morgan fingerprint density at radius 2 is 1.53 bits per heavy atom. The largest absolute Gasteiger partial charge is 0.497 e. The van der Waals surface area contributed by atoms with Gasteiger partial charge in [0.2, 0.25) is 11.8 Å². The third-order valence-corrected chi connectivity index (χ3v) is 6.26. The number of nitrogens with one attached hydrogen (secondary N) is 2. The van der Waals surface area contributed by atoms with E-state index in [9.17, 15) is 9.59 Å². The van der Waals surface area contributed by atoms with Gasteiger partial charge < -0.3 is 20.1 Å². The standard InChI is InChI=1S/C27H37N3O4/c1-19(2)27(32)28-16-20-6-5-15-30(17-20)18-25(31)29-26(21-7-11-23(33-3)12-8-21)22-9-13-24(34-4)14-10-22/h7-14,19-20,26H,5-6,15-18H2,1-4H3,(H,28,32)(H,29,31). The zero-order valence-electron chi connectivity index (χ0n) is 20.7. The highest BCUT2D eigenvalue weighted by atomic mass is 16.5. The van der Waals surface area contributed by atoms with E-state index in [-0.39, 0.29) is 23.8 Å². The van der Waals surface area contributed by atoms with E-state index in [0.717, 1.165) is 48.6 Å². The Labute approximate surface area is 202 Å². The fourth-order valence-electron chi connectivity index (χ4n) is 4.27. The summed E-state index contributed by atoms with van der Waals surface area (Å²) in [7, 11) is 3.27. The van der Waals surface area contributed by atoms with Gasteiger partial charge in [0, 0.05) is 19.0 Å². The van der Waals surface area contributed by atoms with Crippen molar-refractivity contribution in [1.82, 2.24) is 15.5 Å².